The fourth-order valence-corrected chi connectivity index (χ4v) is 2.77. The smallest absolute Gasteiger partial charge is 0.158 e. The molecular formula is C14H20N2O. The molecular weight excluding hydrogens is 212 g/mol. The van der Waals surface area contributed by atoms with Crippen molar-refractivity contribution in [1.29, 1.82) is 0 Å². The van der Waals surface area contributed by atoms with E-state index in [0.29, 0.717) is 12.2 Å². The number of pyridine rings is 1. The molecule has 0 aromatic carbocycles. The van der Waals surface area contributed by atoms with Gasteiger partial charge >= 0.3 is 0 Å². The van der Waals surface area contributed by atoms with Gasteiger partial charge in [0.25, 0.3) is 0 Å². The Hall–Kier alpha value is -1.22. The molecule has 3 heteroatoms. The van der Waals surface area contributed by atoms with Crippen LogP contribution in [0.3, 0.4) is 0 Å². The van der Waals surface area contributed by atoms with Crippen molar-refractivity contribution in [3.8, 4) is 0 Å². The first-order chi connectivity index (χ1) is 8.15. The zero-order valence-corrected chi connectivity index (χ0v) is 10.6. The van der Waals surface area contributed by atoms with E-state index >= 15 is 0 Å². The molecule has 1 fully saturated rings. The molecule has 0 amide bonds. The van der Waals surface area contributed by atoms with Gasteiger partial charge in [-0.25, -0.2) is 0 Å². The fourth-order valence-electron chi connectivity index (χ4n) is 2.77. The highest BCUT2D eigenvalue weighted by Crippen LogP contribution is 2.35. The molecule has 1 aliphatic carbocycles. The first-order valence-electron chi connectivity index (χ1n) is 6.26. The third kappa shape index (κ3) is 2.39. The Kier molecular flexibility index (Phi) is 3.57. The van der Waals surface area contributed by atoms with Crippen molar-refractivity contribution in [2.24, 2.45) is 0 Å². The third-order valence-corrected chi connectivity index (χ3v) is 3.87. The highest BCUT2D eigenvalue weighted by atomic mass is 16.1. The van der Waals surface area contributed by atoms with Crippen molar-refractivity contribution in [2.45, 2.75) is 37.6 Å². The van der Waals surface area contributed by atoms with Crippen LogP contribution in [0.1, 0.15) is 31.4 Å². The summed E-state index contributed by atoms with van der Waals surface area (Å²) in [5.41, 5.74) is 0.642. The Morgan fingerprint density at radius 3 is 2.59 bits per heavy atom. The number of rotatable bonds is 4. The van der Waals surface area contributed by atoms with Crippen molar-refractivity contribution in [3.05, 3.63) is 30.1 Å². The maximum atomic E-state index is 12.5. The number of hydrogen-bond donors (Lipinski definition) is 0. The average Bonchev–Trinajstić information content (AvgIpc) is 2.80. The van der Waals surface area contributed by atoms with Crippen molar-refractivity contribution in [1.82, 2.24) is 9.88 Å². The summed E-state index contributed by atoms with van der Waals surface area (Å²) in [4.78, 5) is 18.8. The van der Waals surface area contributed by atoms with Crippen LogP contribution in [0.4, 0.5) is 0 Å². The van der Waals surface area contributed by atoms with Crippen LogP contribution < -0.4 is 0 Å². The molecule has 0 spiro atoms. The number of carbonyl (C=O) groups excluding carboxylic acids is 1. The Morgan fingerprint density at radius 1 is 1.35 bits per heavy atom. The SMILES string of the molecule is CN(C)C1(C(=O)Cc2ccccn2)CCCC1. The lowest BCUT2D eigenvalue weighted by Gasteiger charge is -2.34. The van der Waals surface area contributed by atoms with Gasteiger partial charge in [-0.05, 0) is 39.1 Å². The van der Waals surface area contributed by atoms with Crippen LogP contribution in [0.15, 0.2) is 24.4 Å². The normalized spacial score (nSPS) is 18.5. The minimum Gasteiger partial charge on any atom is -0.297 e. The van der Waals surface area contributed by atoms with Gasteiger partial charge in [-0.2, -0.15) is 0 Å². The number of likely N-dealkylation sites (N-methyl/N-ethyl adjacent to an activating group) is 1. The maximum Gasteiger partial charge on any atom is 0.158 e. The van der Waals surface area contributed by atoms with Gasteiger partial charge in [-0.1, -0.05) is 18.9 Å². The number of ketones is 1. The summed E-state index contributed by atoms with van der Waals surface area (Å²) in [5, 5.41) is 0. The van der Waals surface area contributed by atoms with E-state index in [0.717, 1.165) is 31.4 Å². The topological polar surface area (TPSA) is 33.2 Å². The second-order valence-corrected chi connectivity index (χ2v) is 5.05. The molecule has 2 rings (SSSR count). The predicted molar refractivity (Wildman–Crippen MR) is 67.8 cm³/mol. The van der Waals surface area contributed by atoms with Gasteiger partial charge in [0.05, 0.1) is 12.0 Å². The number of Topliss-reactive ketones (excluding diaryl/α,β-unsaturated/α-hetero) is 1. The van der Waals surface area contributed by atoms with E-state index in [1.807, 2.05) is 32.3 Å². The van der Waals surface area contributed by atoms with Crippen molar-refractivity contribution < 1.29 is 4.79 Å². The van der Waals surface area contributed by atoms with Gasteiger partial charge in [0.1, 0.15) is 0 Å². The number of hydrogen-bond acceptors (Lipinski definition) is 3. The van der Waals surface area contributed by atoms with Crippen molar-refractivity contribution in [3.63, 3.8) is 0 Å². The van der Waals surface area contributed by atoms with Gasteiger partial charge in [0.2, 0.25) is 0 Å². The van der Waals surface area contributed by atoms with Gasteiger partial charge in [-0.15, -0.1) is 0 Å². The van der Waals surface area contributed by atoms with Gasteiger partial charge < -0.3 is 0 Å². The highest BCUT2D eigenvalue weighted by molar-refractivity contribution is 5.90. The zero-order chi connectivity index (χ0) is 12.3. The van der Waals surface area contributed by atoms with Crippen molar-refractivity contribution >= 4 is 5.78 Å². The van der Waals surface area contributed by atoms with Gasteiger partial charge in [-0.3, -0.25) is 14.7 Å². The van der Waals surface area contributed by atoms with Crippen LogP contribution >= 0.6 is 0 Å². The molecule has 0 N–H and O–H groups in total. The molecule has 17 heavy (non-hydrogen) atoms. The summed E-state index contributed by atoms with van der Waals surface area (Å²) in [6.07, 6.45) is 6.51. The summed E-state index contributed by atoms with van der Waals surface area (Å²) in [6, 6.07) is 5.74. The average molecular weight is 232 g/mol. The Balaban J connectivity index is 2.13. The quantitative estimate of drug-likeness (QED) is 0.796. The lowest BCUT2D eigenvalue weighted by Crippen LogP contribution is -2.49. The fraction of sp³-hybridized carbons (Fsp3) is 0.571. The molecule has 0 atom stereocenters. The molecule has 92 valence electrons. The summed E-state index contributed by atoms with van der Waals surface area (Å²) >= 11 is 0. The molecule has 0 radical (unpaired) electrons. The molecule has 1 aliphatic rings. The standard InChI is InChI=1S/C14H20N2O/c1-16(2)14(8-4-5-9-14)13(17)11-12-7-3-6-10-15-12/h3,6-7,10H,4-5,8-9,11H2,1-2H3. The summed E-state index contributed by atoms with van der Waals surface area (Å²) in [6.45, 7) is 0. The van der Waals surface area contributed by atoms with E-state index in [1.54, 1.807) is 6.20 Å². The van der Waals surface area contributed by atoms with E-state index in [4.69, 9.17) is 0 Å². The maximum absolute atomic E-state index is 12.5. The Labute approximate surface area is 103 Å². The molecule has 1 saturated carbocycles. The van der Waals surface area contributed by atoms with Gasteiger partial charge in [0.15, 0.2) is 5.78 Å². The van der Waals surface area contributed by atoms with Crippen LogP contribution in [0.2, 0.25) is 0 Å². The Bertz CT molecular complexity index is 380. The molecule has 3 nitrogen and oxygen atoms in total. The highest BCUT2D eigenvalue weighted by Gasteiger charge is 2.42. The molecule has 0 saturated heterocycles. The Morgan fingerprint density at radius 2 is 2.06 bits per heavy atom. The van der Waals surface area contributed by atoms with Gasteiger partial charge in [0, 0.05) is 11.9 Å². The lowest BCUT2D eigenvalue weighted by molar-refractivity contribution is -0.128. The van der Waals surface area contributed by atoms with E-state index in [9.17, 15) is 4.79 Å². The predicted octanol–water partition coefficient (Wildman–Crippen LogP) is 2.07. The molecule has 1 aromatic rings. The number of carbonyl (C=O) groups is 1. The largest absolute Gasteiger partial charge is 0.297 e. The summed E-state index contributed by atoms with van der Waals surface area (Å²) < 4.78 is 0. The molecule has 0 bridgehead atoms. The van der Waals surface area contributed by atoms with E-state index in [-0.39, 0.29) is 5.54 Å². The summed E-state index contributed by atoms with van der Waals surface area (Å²) in [5.74, 6) is 0.318. The first kappa shape index (κ1) is 12.2. The number of nitrogens with zero attached hydrogens (tertiary/aromatic N) is 2. The minimum absolute atomic E-state index is 0.239. The summed E-state index contributed by atoms with van der Waals surface area (Å²) in [7, 11) is 4.03. The van der Waals surface area contributed by atoms with Crippen LogP contribution in [0.25, 0.3) is 0 Å². The lowest BCUT2D eigenvalue weighted by atomic mass is 9.88. The monoisotopic (exact) mass is 232 g/mol. The molecule has 1 aromatic heterocycles. The van der Waals surface area contributed by atoms with Crippen LogP contribution in [0.5, 0.6) is 0 Å². The van der Waals surface area contributed by atoms with E-state index in [2.05, 4.69) is 9.88 Å². The van der Waals surface area contributed by atoms with Crippen LogP contribution in [-0.2, 0) is 11.2 Å². The molecule has 0 unspecified atom stereocenters. The van der Waals surface area contributed by atoms with Crippen LogP contribution in [0, 0.1) is 0 Å². The second kappa shape index (κ2) is 4.96. The van der Waals surface area contributed by atoms with E-state index in [1.165, 1.54) is 0 Å². The molecule has 1 heterocycles. The van der Waals surface area contributed by atoms with E-state index < -0.39 is 0 Å². The minimum atomic E-state index is -0.239. The second-order valence-electron chi connectivity index (χ2n) is 5.05. The first-order valence-corrected chi connectivity index (χ1v) is 6.26. The third-order valence-electron chi connectivity index (χ3n) is 3.87. The van der Waals surface area contributed by atoms with Crippen molar-refractivity contribution in [2.75, 3.05) is 14.1 Å². The number of aromatic nitrogens is 1. The molecule has 0 aliphatic heterocycles. The zero-order valence-electron chi connectivity index (χ0n) is 10.6. The van der Waals surface area contributed by atoms with Crippen LogP contribution in [-0.4, -0.2) is 35.3 Å².